The lowest BCUT2D eigenvalue weighted by Crippen LogP contribution is -2.32. The molecule has 27 heavy (non-hydrogen) atoms. The molecule has 0 bridgehead atoms. The third-order valence-electron chi connectivity index (χ3n) is 5.18. The molecule has 1 aromatic carbocycles. The van der Waals surface area contributed by atoms with Crippen molar-refractivity contribution in [1.29, 1.82) is 0 Å². The molecule has 1 aromatic heterocycles. The third-order valence-corrected chi connectivity index (χ3v) is 7.45. The molecule has 0 unspecified atom stereocenters. The van der Waals surface area contributed by atoms with E-state index in [0.717, 1.165) is 42.6 Å². The zero-order chi connectivity index (χ0) is 19.6. The normalized spacial score (nSPS) is 15.4. The summed E-state index contributed by atoms with van der Waals surface area (Å²) in [6, 6.07) is 8.70. The highest BCUT2D eigenvalue weighted by atomic mass is 32.2. The summed E-state index contributed by atoms with van der Waals surface area (Å²) in [5, 5.41) is 0. The molecule has 2 aromatic rings. The minimum Gasteiger partial charge on any atom is -0.481 e. The van der Waals surface area contributed by atoms with Gasteiger partial charge in [0.1, 0.15) is 5.75 Å². The molecule has 0 spiro atoms. The maximum Gasteiger partial charge on any atom is 0.345 e. The number of esters is 1. The first-order chi connectivity index (χ1) is 12.8. The average molecular weight is 384 g/mol. The van der Waals surface area contributed by atoms with Gasteiger partial charge in [0.25, 0.3) is 0 Å². The van der Waals surface area contributed by atoms with Gasteiger partial charge in [0.05, 0.1) is 0 Å². The molecule has 0 saturated heterocycles. The Morgan fingerprint density at radius 1 is 1.11 bits per heavy atom. The van der Waals surface area contributed by atoms with Gasteiger partial charge >= 0.3 is 5.97 Å². The van der Waals surface area contributed by atoms with Crippen LogP contribution in [0.3, 0.4) is 0 Å². The molecule has 3 nitrogen and oxygen atoms in total. The largest absolute Gasteiger partial charge is 0.481 e. The highest BCUT2D eigenvalue weighted by Crippen LogP contribution is 2.41. The van der Waals surface area contributed by atoms with Crippen LogP contribution >= 0.6 is 10.5 Å². The first-order valence-corrected chi connectivity index (χ1v) is 10.6. The summed E-state index contributed by atoms with van der Waals surface area (Å²) in [7, 11) is 0.0209. The van der Waals surface area contributed by atoms with E-state index in [2.05, 4.69) is 44.0 Å². The van der Waals surface area contributed by atoms with Crippen LogP contribution in [-0.4, -0.2) is 18.2 Å². The SMILES string of the molecule is C#CC1(OC(=O)COc2c(C)cc(-[s+]3c(C)ccc3C)cc2C)CCCC1. The van der Waals surface area contributed by atoms with E-state index >= 15 is 0 Å². The van der Waals surface area contributed by atoms with E-state index in [0.29, 0.717) is 0 Å². The molecule has 1 saturated carbocycles. The Bertz CT molecular complexity index is 852. The highest BCUT2D eigenvalue weighted by Gasteiger charge is 2.35. The van der Waals surface area contributed by atoms with Gasteiger partial charge in [-0.3, -0.25) is 0 Å². The Morgan fingerprint density at radius 2 is 1.67 bits per heavy atom. The van der Waals surface area contributed by atoms with Crippen LogP contribution in [0.2, 0.25) is 0 Å². The van der Waals surface area contributed by atoms with Gasteiger partial charge in [-0.05, 0) is 62.8 Å². The summed E-state index contributed by atoms with van der Waals surface area (Å²) in [6.07, 6.45) is 9.08. The third kappa shape index (κ3) is 4.04. The van der Waals surface area contributed by atoms with Gasteiger partial charge in [-0.15, -0.1) is 6.42 Å². The van der Waals surface area contributed by atoms with Gasteiger partial charge in [0.15, 0.2) is 26.9 Å². The van der Waals surface area contributed by atoms with E-state index in [1.54, 1.807) is 0 Å². The van der Waals surface area contributed by atoms with Crippen molar-refractivity contribution in [2.75, 3.05) is 6.61 Å². The second-order valence-electron chi connectivity index (χ2n) is 7.36. The molecule has 0 atom stereocenters. The molecule has 0 amide bonds. The van der Waals surface area contributed by atoms with Gasteiger partial charge in [0, 0.05) is 36.5 Å². The monoisotopic (exact) mass is 383 g/mol. The Labute approximate surface area is 164 Å². The number of carbonyl (C=O) groups is 1. The Hall–Kier alpha value is -2.25. The number of terminal acetylenes is 1. The standard InChI is InChI=1S/C23H27O3S/c1-6-23(11-7-8-12-23)26-21(24)15-25-22-16(2)13-20(14-17(22)3)27-18(4)9-10-19(27)5/h1,9-10,13-14H,7-8,11-12,15H2,2-5H3/q+1. The Kier molecular flexibility index (Phi) is 5.62. The van der Waals surface area contributed by atoms with E-state index in [-0.39, 0.29) is 17.1 Å². The van der Waals surface area contributed by atoms with Crippen molar-refractivity contribution >= 4 is 16.4 Å². The van der Waals surface area contributed by atoms with Crippen molar-refractivity contribution in [2.45, 2.75) is 59.0 Å². The molecule has 0 N–H and O–H groups in total. The number of benzene rings is 1. The van der Waals surface area contributed by atoms with Crippen LogP contribution < -0.4 is 4.74 Å². The minimum absolute atomic E-state index is 0.0209. The second-order valence-corrected chi connectivity index (χ2v) is 9.73. The van der Waals surface area contributed by atoms with Crippen LogP contribution in [0, 0.1) is 40.0 Å². The van der Waals surface area contributed by atoms with E-state index in [4.69, 9.17) is 15.9 Å². The molecule has 142 valence electrons. The molecule has 1 aliphatic rings. The summed E-state index contributed by atoms with van der Waals surface area (Å²) in [6.45, 7) is 8.27. The van der Waals surface area contributed by atoms with Crippen molar-refractivity contribution in [2.24, 2.45) is 0 Å². The van der Waals surface area contributed by atoms with E-state index in [1.165, 1.54) is 14.6 Å². The van der Waals surface area contributed by atoms with Crippen LogP contribution in [-0.2, 0) is 9.53 Å². The number of ether oxygens (including phenoxy) is 2. The fourth-order valence-electron chi connectivity index (χ4n) is 3.85. The second kappa shape index (κ2) is 7.78. The summed E-state index contributed by atoms with van der Waals surface area (Å²) in [5.74, 6) is 3.03. The van der Waals surface area contributed by atoms with Crippen molar-refractivity contribution < 1.29 is 14.3 Å². The van der Waals surface area contributed by atoms with Crippen LogP contribution in [0.25, 0.3) is 4.90 Å². The zero-order valence-corrected chi connectivity index (χ0v) is 17.4. The summed E-state index contributed by atoms with van der Waals surface area (Å²) < 4.78 is 11.4. The van der Waals surface area contributed by atoms with Crippen molar-refractivity contribution in [1.82, 2.24) is 0 Å². The van der Waals surface area contributed by atoms with Crippen LogP contribution in [0.15, 0.2) is 24.3 Å². The predicted molar refractivity (Wildman–Crippen MR) is 111 cm³/mol. The first kappa shape index (κ1) is 19.5. The molecule has 0 radical (unpaired) electrons. The highest BCUT2D eigenvalue weighted by molar-refractivity contribution is 7.39. The lowest BCUT2D eigenvalue weighted by molar-refractivity contribution is -0.156. The number of thiophene rings is 1. The molecule has 1 heterocycles. The van der Waals surface area contributed by atoms with Gasteiger partial charge in [0.2, 0.25) is 0 Å². The maximum atomic E-state index is 12.3. The fourth-order valence-corrected chi connectivity index (χ4v) is 6.10. The number of hydrogen-bond donors (Lipinski definition) is 0. The first-order valence-electron chi connectivity index (χ1n) is 9.38. The number of aryl methyl sites for hydroxylation is 4. The minimum atomic E-state index is -0.730. The van der Waals surface area contributed by atoms with Gasteiger partial charge in [-0.1, -0.05) is 5.92 Å². The fraction of sp³-hybridized carbons (Fsp3) is 0.435. The smallest absolute Gasteiger partial charge is 0.345 e. The average Bonchev–Trinajstić information content (AvgIpc) is 3.21. The quantitative estimate of drug-likeness (QED) is 0.387. The summed E-state index contributed by atoms with van der Waals surface area (Å²) in [4.78, 5) is 16.3. The van der Waals surface area contributed by atoms with E-state index in [1.807, 2.05) is 13.8 Å². The maximum absolute atomic E-state index is 12.3. The molecular formula is C23H27O3S+. The van der Waals surface area contributed by atoms with Gasteiger partial charge in [-0.25, -0.2) is 4.79 Å². The van der Waals surface area contributed by atoms with E-state index < -0.39 is 11.6 Å². The van der Waals surface area contributed by atoms with Crippen LogP contribution in [0.1, 0.15) is 46.6 Å². The summed E-state index contributed by atoms with van der Waals surface area (Å²) in [5.41, 5.74) is 1.33. The van der Waals surface area contributed by atoms with Gasteiger partial charge in [-0.2, -0.15) is 0 Å². The topological polar surface area (TPSA) is 35.5 Å². The number of hydrogen-bond acceptors (Lipinski definition) is 3. The predicted octanol–water partition coefficient (Wildman–Crippen LogP) is 5.53. The van der Waals surface area contributed by atoms with Gasteiger partial charge < -0.3 is 9.47 Å². The lowest BCUT2D eigenvalue weighted by atomic mass is 10.0. The van der Waals surface area contributed by atoms with Crippen molar-refractivity contribution in [3.63, 3.8) is 0 Å². The molecular weight excluding hydrogens is 356 g/mol. The number of carbonyl (C=O) groups excluding carboxylic acids is 1. The van der Waals surface area contributed by atoms with Crippen molar-refractivity contribution in [3.8, 4) is 23.0 Å². The number of rotatable bonds is 5. The zero-order valence-electron chi connectivity index (χ0n) is 16.6. The molecule has 0 aliphatic heterocycles. The molecule has 3 rings (SSSR count). The van der Waals surface area contributed by atoms with E-state index in [9.17, 15) is 4.79 Å². The molecule has 4 heteroatoms. The summed E-state index contributed by atoms with van der Waals surface area (Å²) >= 11 is 0. The van der Waals surface area contributed by atoms with Crippen molar-refractivity contribution in [3.05, 3.63) is 45.1 Å². The lowest BCUT2D eigenvalue weighted by Gasteiger charge is -2.23. The Morgan fingerprint density at radius 3 is 2.19 bits per heavy atom. The molecule has 1 fully saturated rings. The van der Waals surface area contributed by atoms with Crippen LogP contribution in [0.5, 0.6) is 5.75 Å². The Balaban J connectivity index is 1.73. The molecule has 1 aliphatic carbocycles. The van der Waals surface area contributed by atoms with Crippen LogP contribution in [0.4, 0.5) is 0 Å².